The topological polar surface area (TPSA) is 15.3 Å². The lowest BCUT2D eigenvalue weighted by Crippen LogP contribution is -2.27. The van der Waals surface area contributed by atoms with Gasteiger partial charge in [-0.3, -0.25) is 4.90 Å². The molecule has 2 nitrogen and oxygen atoms in total. The highest BCUT2D eigenvalue weighted by Gasteiger charge is 2.05. The first-order valence-electron chi connectivity index (χ1n) is 7.10. The average molecular weight is 248 g/mol. The van der Waals surface area contributed by atoms with E-state index in [4.69, 9.17) is 0 Å². The SMILES string of the molecule is CCN(Cc1ccc(CCNC)cc1)CC(C)C. The van der Waals surface area contributed by atoms with E-state index in [9.17, 15) is 0 Å². The van der Waals surface area contributed by atoms with Crippen molar-refractivity contribution in [3.05, 3.63) is 35.4 Å². The number of hydrogen-bond donors (Lipinski definition) is 1. The minimum Gasteiger partial charge on any atom is -0.319 e. The van der Waals surface area contributed by atoms with Gasteiger partial charge >= 0.3 is 0 Å². The number of nitrogens with zero attached hydrogens (tertiary/aromatic N) is 1. The van der Waals surface area contributed by atoms with Crippen LogP contribution in [0.4, 0.5) is 0 Å². The maximum Gasteiger partial charge on any atom is 0.0233 e. The van der Waals surface area contributed by atoms with E-state index in [0.29, 0.717) is 0 Å². The summed E-state index contributed by atoms with van der Waals surface area (Å²) in [6, 6.07) is 9.06. The normalized spacial score (nSPS) is 11.4. The molecule has 1 rings (SSSR count). The van der Waals surface area contributed by atoms with Crippen molar-refractivity contribution in [3.63, 3.8) is 0 Å². The van der Waals surface area contributed by atoms with Crippen LogP contribution in [-0.4, -0.2) is 31.6 Å². The first kappa shape index (κ1) is 15.2. The standard InChI is InChI=1S/C16H28N2/c1-5-18(12-14(2)3)13-16-8-6-15(7-9-16)10-11-17-4/h6-9,14,17H,5,10-13H2,1-4H3. The zero-order chi connectivity index (χ0) is 13.4. The predicted octanol–water partition coefficient (Wildman–Crippen LogP) is 2.93. The summed E-state index contributed by atoms with van der Waals surface area (Å²) in [6.07, 6.45) is 1.11. The molecule has 1 N–H and O–H groups in total. The Hall–Kier alpha value is -0.860. The van der Waals surface area contributed by atoms with E-state index in [0.717, 1.165) is 32.0 Å². The van der Waals surface area contributed by atoms with E-state index in [1.54, 1.807) is 0 Å². The van der Waals surface area contributed by atoms with Gasteiger partial charge in [-0.1, -0.05) is 45.0 Å². The Bertz CT molecular complexity index is 316. The monoisotopic (exact) mass is 248 g/mol. The number of rotatable bonds is 8. The molecule has 0 radical (unpaired) electrons. The van der Waals surface area contributed by atoms with Crippen molar-refractivity contribution in [2.75, 3.05) is 26.7 Å². The van der Waals surface area contributed by atoms with E-state index in [-0.39, 0.29) is 0 Å². The third-order valence-electron chi connectivity index (χ3n) is 3.16. The molecule has 0 saturated carbocycles. The zero-order valence-electron chi connectivity index (χ0n) is 12.4. The molecule has 0 spiro atoms. The van der Waals surface area contributed by atoms with Crippen molar-refractivity contribution in [2.24, 2.45) is 5.92 Å². The van der Waals surface area contributed by atoms with Crippen LogP contribution in [0.5, 0.6) is 0 Å². The van der Waals surface area contributed by atoms with Gasteiger partial charge in [0, 0.05) is 13.1 Å². The van der Waals surface area contributed by atoms with Crippen LogP contribution >= 0.6 is 0 Å². The second kappa shape index (κ2) is 8.28. The van der Waals surface area contributed by atoms with Crippen molar-refractivity contribution in [2.45, 2.75) is 33.7 Å². The van der Waals surface area contributed by atoms with Crippen LogP contribution in [0.15, 0.2) is 24.3 Å². The fourth-order valence-electron chi connectivity index (χ4n) is 2.16. The Morgan fingerprint density at radius 3 is 2.22 bits per heavy atom. The van der Waals surface area contributed by atoms with E-state index in [2.05, 4.69) is 55.3 Å². The fourth-order valence-corrected chi connectivity index (χ4v) is 2.16. The van der Waals surface area contributed by atoms with Gasteiger partial charge in [0.25, 0.3) is 0 Å². The molecule has 1 aromatic rings. The Kier molecular flexibility index (Phi) is 6.99. The van der Waals surface area contributed by atoms with E-state index in [1.807, 2.05) is 7.05 Å². The molecule has 0 fully saturated rings. The molecule has 0 bridgehead atoms. The van der Waals surface area contributed by atoms with Crippen LogP contribution in [0.1, 0.15) is 31.9 Å². The van der Waals surface area contributed by atoms with Crippen molar-refractivity contribution in [1.29, 1.82) is 0 Å². The van der Waals surface area contributed by atoms with Crippen LogP contribution in [-0.2, 0) is 13.0 Å². The maximum atomic E-state index is 3.19. The van der Waals surface area contributed by atoms with E-state index in [1.165, 1.54) is 17.7 Å². The first-order valence-corrected chi connectivity index (χ1v) is 7.10. The lowest BCUT2D eigenvalue weighted by Gasteiger charge is -2.22. The number of benzene rings is 1. The van der Waals surface area contributed by atoms with Crippen LogP contribution in [0.3, 0.4) is 0 Å². The Morgan fingerprint density at radius 1 is 1.11 bits per heavy atom. The smallest absolute Gasteiger partial charge is 0.0233 e. The number of hydrogen-bond acceptors (Lipinski definition) is 2. The summed E-state index contributed by atoms with van der Waals surface area (Å²) in [4.78, 5) is 2.51. The molecule has 0 aliphatic rings. The molecular weight excluding hydrogens is 220 g/mol. The largest absolute Gasteiger partial charge is 0.319 e. The summed E-state index contributed by atoms with van der Waals surface area (Å²) >= 11 is 0. The molecule has 18 heavy (non-hydrogen) atoms. The van der Waals surface area contributed by atoms with Crippen LogP contribution in [0.25, 0.3) is 0 Å². The molecule has 0 aliphatic carbocycles. The Balaban J connectivity index is 2.51. The van der Waals surface area contributed by atoms with Crippen molar-refractivity contribution < 1.29 is 0 Å². The highest BCUT2D eigenvalue weighted by Crippen LogP contribution is 2.09. The first-order chi connectivity index (χ1) is 8.65. The quantitative estimate of drug-likeness (QED) is 0.761. The Morgan fingerprint density at radius 2 is 1.72 bits per heavy atom. The van der Waals surface area contributed by atoms with Crippen LogP contribution in [0.2, 0.25) is 0 Å². The summed E-state index contributed by atoms with van der Waals surface area (Å²) in [5.74, 6) is 0.736. The second-order valence-corrected chi connectivity index (χ2v) is 5.39. The molecule has 0 atom stereocenters. The summed E-state index contributed by atoms with van der Waals surface area (Å²) in [5, 5.41) is 3.19. The van der Waals surface area contributed by atoms with Gasteiger partial charge in [-0.05, 0) is 43.6 Å². The highest BCUT2D eigenvalue weighted by atomic mass is 15.1. The van der Waals surface area contributed by atoms with Crippen molar-refractivity contribution in [1.82, 2.24) is 10.2 Å². The minimum absolute atomic E-state index is 0.736. The lowest BCUT2D eigenvalue weighted by atomic mass is 10.1. The third kappa shape index (κ3) is 5.65. The van der Waals surface area contributed by atoms with Crippen LogP contribution in [0, 0.1) is 5.92 Å². The highest BCUT2D eigenvalue weighted by molar-refractivity contribution is 5.22. The van der Waals surface area contributed by atoms with Gasteiger partial charge in [0.05, 0.1) is 0 Å². The summed E-state index contributed by atoms with van der Waals surface area (Å²) in [7, 11) is 2.00. The zero-order valence-corrected chi connectivity index (χ0v) is 12.4. The van der Waals surface area contributed by atoms with Gasteiger partial charge in [-0.2, -0.15) is 0 Å². The fraction of sp³-hybridized carbons (Fsp3) is 0.625. The second-order valence-electron chi connectivity index (χ2n) is 5.39. The number of nitrogens with one attached hydrogen (secondary N) is 1. The Labute approximate surface area is 112 Å². The predicted molar refractivity (Wildman–Crippen MR) is 79.9 cm³/mol. The molecule has 0 saturated heterocycles. The van der Waals surface area contributed by atoms with E-state index < -0.39 is 0 Å². The minimum atomic E-state index is 0.736. The van der Waals surface area contributed by atoms with Gasteiger partial charge < -0.3 is 5.32 Å². The molecular formula is C16H28N2. The molecule has 1 aromatic carbocycles. The van der Waals surface area contributed by atoms with Crippen molar-refractivity contribution >= 4 is 0 Å². The molecule has 0 unspecified atom stereocenters. The van der Waals surface area contributed by atoms with Gasteiger partial charge in [0.15, 0.2) is 0 Å². The maximum absolute atomic E-state index is 3.19. The molecule has 2 heteroatoms. The number of likely N-dealkylation sites (N-methyl/N-ethyl adjacent to an activating group) is 1. The lowest BCUT2D eigenvalue weighted by molar-refractivity contribution is 0.248. The molecule has 0 aromatic heterocycles. The summed E-state index contributed by atoms with van der Waals surface area (Å²) in [6.45, 7) is 11.2. The molecule has 102 valence electrons. The van der Waals surface area contributed by atoms with Crippen molar-refractivity contribution in [3.8, 4) is 0 Å². The van der Waals surface area contributed by atoms with Gasteiger partial charge in [0.1, 0.15) is 0 Å². The van der Waals surface area contributed by atoms with Gasteiger partial charge in [-0.25, -0.2) is 0 Å². The molecule has 0 aliphatic heterocycles. The average Bonchev–Trinajstić information content (AvgIpc) is 2.36. The van der Waals surface area contributed by atoms with Gasteiger partial charge in [0.2, 0.25) is 0 Å². The summed E-state index contributed by atoms with van der Waals surface area (Å²) < 4.78 is 0. The van der Waals surface area contributed by atoms with E-state index >= 15 is 0 Å². The summed E-state index contributed by atoms with van der Waals surface area (Å²) in [5.41, 5.74) is 2.84. The van der Waals surface area contributed by atoms with Gasteiger partial charge in [-0.15, -0.1) is 0 Å². The molecule has 0 heterocycles. The molecule has 0 amide bonds. The van der Waals surface area contributed by atoms with Crippen LogP contribution < -0.4 is 5.32 Å². The third-order valence-corrected chi connectivity index (χ3v) is 3.16.